The van der Waals surface area contributed by atoms with Crippen molar-refractivity contribution < 1.29 is 33.8 Å². The van der Waals surface area contributed by atoms with E-state index in [-0.39, 0.29) is 42.1 Å². The summed E-state index contributed by atoms with van der Waals surface area (Å²) < 4.78 is 9.74. The molecular weight excluding hydrogens is 673 g/mol. The number of fused-ring (bicyclic) bond motifs is 1. The number of hydrogen-bond donors (Lipinski definition) is 4. The summed E-state index contributed by atoms with van der Waals surface area (Å²) in [6.45, 7) is 17.0. The van der Waals surface area contributed by atoms with E-state index in [0.29, 0.717) is 23.7 Å². The van der Waals surface area contributed by atoms with Crippen molar-refractivity contribution in [1.82, 2.24) is 29.6 Å². The molecule has 3 heterocycles. The first-order chi connectivity index (χ1) is 24.2. The molecule has 1 saturated heterocycles. The second-order valence-corrected chi connectivity index (χ2v) is 15.2. The van der Waals surface area contributed by atoms with Crippen LogP contribution in [0.4, 0.5) is 4.79 Å². The molecule has 0 bridgehead atoms. The number of carbonyl (C=O) groups is 5. The molecule has 2 unspecified atom stereocenters. The summed E-state index contributed by atoms with van der Waals surface area (Å²) in [5.74, 6) is -0.465. The third-order valence-corrected chi connectivity index (χ3v) is 8.83. The van der Waals surface area contributed by atoms with E-state index in [2.05, 4.69) is 47.7 Å². The van der Waals surface area contributed by atoms with Gasteiger partial charge in [-0.15, -0.1) is 6.58 Å². The number of likely N-dealkylation sites (tertiary alicyclic amines) is 1. The number of allylic oxidation sites excluding steroid dienone is 1. The van der Waals surface area contributed by atoms with Crippen LogP contribution in [-0.2, 0) is 19.1 Å². The van der Waals surface area contributed by atoms with E-state index in [1.807, 2.05) is 45.1 Å². The molecule has 1 aliphatic carbocycles. The molecule has 2 fully saturated rings. The van der Waals surface area contributed by atoms with E-state index < -0.39 is 18.1 Å². The normalized spacial score (nSPS) is 16.0. The molecule has 14 heteroatoms. The van der Waals surface area contributed by atoms with Crippen LogP contribution >= 0.6 is 11.9 Å². The van der Waals surface area contributed by atoms with Crippen molar-refractivity contribution in [1.29, 1.82) is 0 Å². The van der Waals surface area contributed by atoms with Crippen LogP contribution in [-0.4, -0.2) is 86.7 Å². The summed E-state index contributed by atoms with van der Waals surface area (Å²) in [6.07, 6.45) is 15.0. The van der Waals surface area contributed by atoms with Crippen LogP contribution < -0.4 is 15.4 Å². The zero-order chi connectivity index (χ0) is 38.0. The molecule has 2 atom stereocenters. The van der Waals surface area contributed by atoms with E-state index in [9.17, 15) is 24.0 Å². The number of hydrogen-bond acceptors (Lipinski definition) is 8. The van der Waals surface area contributed by atoms with Crippen LogP contribution in [0.3, 0.4) is 0 Å². The SMILES string of the molecule is C=CCC(NC=O)C(=O)NSC1CC1.CC(C)C.CC1CCCN1C(=O)CNC(=O)OCC(C)(C)CC/C=C/c1cccn2cc(C(=O)O)nc12. The summed E-state index contributed by atoms with van der Waals surface area (Å²) in [4.78, 5) is 63.0. The van der Waals surface area contributed by atoms with Gasteiger partial charge in [-0.1, -0.05) is 52.8 Å². The Balaban J connectivity index is 0.000000414. The Morgan fingerprint density at radius 1 is 1.20 bits per heavy atom. The topological polar surface area (TPSA) is 171 Å². The lowest BCUT2D eigenvalue weighted by Crippen LogP contribution is -2.42. The number of imidazole rings is 1. The molecule has 51 heavy (non-hydrogen) atoms. The molecule has 0 radical (unpaired) electrons. The van der Waals surface area contributed by atoms with Crippen LogP contribution in [0, 0.1) is 11.3 Å². The average molecular weight is 729 g/mol. The van der Waals surface area contributed by atoms with Gasteiger partial charge in [-0.05, 0) is 87.3 Å². The minimum Gasteiger partial charge on any atom is -0.476 e. The smallest absolute Gasteiger partial charge is 0.407 e. The Morgan fingerprint density at radius 3 is 2.49 bits per heavy atom. The van der Waals surface area contributed by atoms with Gasteiger partial charge in [0.1, 0.15) is 18.2 Å². The largest absolute Gasteiger partial charge is 0.476 e. The van der Waals surface area contributed by atoms with Crippen molar-refractivity contribution in [2.24, 2.45) is 11.3 Å². The molecule has 2 aliphatic rings. The van der Waals surface area contributed by atoms with Gasteiger partial charge in [0.15, 0.2) is 5.69 Å². The van der Waals surface area contributed by atoms with Gasteiger partial charge in [0.2, 0.25) is 12.3 Å². The number of carbonyl (C=O) groups excluding carboxylic acids is 4. The lowest BCUT2D eigenvalue weighted by molar-refractivity contribution is -0.130. The fourth-order valence-electron chi connectivity index (χ4n) is 4.79. The summed E-state index contributed by atoms with van der Waals surface area (Å²) in [6, 6.07) is 3.46. The Hall–Kier alpha value is -4.33. The third-order valence-electron chi connectivity index (χ3n) is 7.71. The summed E-state index contributed by atoms with van der Waals surface area (Å²) in [7, 11) is 0. The van der Waals surface area contributed by atoms with Crippen molar-refractivity contribution in [3.8, 4) is 0 Å². The number of rotatable bonds is 16. The first-order valence-electron chi connectivity index (χ1n) is 17.5. The predicted molar refractivity (Wildman–Crippen MR) is 201 cm³/mol. The van der Waals surface area contributed by atoms with Crippen LogP contribution in [0.5, 0.6) is 0 Å². The van der Waals surface area contributed by atoms with Crippen LogP contribution in [0.1, 0.15) is 103 Å². The third kappa shape index (κ3) is 16.5. The molecule has 4 rings (SSSR count). The molecule has 4 amide bonds. The monoisotopic (exact) mass is 728 g/mol. The fraction of sp³-hybridized carbons (Fsp3) is 0.568. The first-order valence-corrected chi connectivity index (χ1v) is 18.4. The average Bonchev–Trinajstić information content (AvgIpc) is 3.63. The zero-order valence-electron chi connectivity index (χ0n) is 30.9. The maximum absolute atomic E-state index is 12.2. The Morgan fingerprint density at radius 2 is 1.90 bits per heavy atom. The molecule has 1 aliphatic heterocycles. The molecular formula is C37H56N6O7S. The number of nitrogens with zero attached hydrogens (tertiary/aromatic N) is 3. The minimum atomic E-state index is -1.06. The summed E-state index contributed by atoms with van der Waals surface area (Å²) in [5.41, 5.74) is 1.17. The van der Waals surface area contributed by atoms with Crippen molar-refractivity contribution in [2.45, 2.75) is 104 Å². The van der Waals surface area contributed by atoms with Gasteiger partial charge in [0.25, 0.3) is 5.91 Å². The van der Waals surface area contributed by atoms with E-state index >= 15 is 0 Å². The Bertz CT molecular complexity index is 1470. The number of alkyl carbamates (subject to hydrolysis) is 1. The highest BCUT2D eigenvalue weighted by atomic mass is 32.2. The molecule has 13 nitrogen and oxygen atoms in total. The van der Waals surface area contributed by atoms with Gasteiger partial charge >= 0.3 is 12.1 Å². The number of amides is 4. The summed E-state index contributed by atoms with van der Waals surface area (Å²) >= 11 is 1.44. The van der Waals surface area contributed by atoms with Crippen LogP contribution in [0.25, 0.3) is 11.7 Å². The number of aromatic nitrogens is 2. The van der Waals surface area contributed by atoms with Gasteiger partial charge in [-0.25, -0.2) is 14.6 Å². The van der Waals surface area contributed by atoms with Gasteiger partial charge in [0.05, 0.1) is 6.61 Å². The molecule has 4 N–H and O–H groups in total. The number of pyridine rings is 1. The van der Waals surface area contributed by atoms with Crippen molar-refractivity contribution >= 4 is 54.0 Å². The molecule has 2 aromatic heterocycles. The van der Waals surface area contributed by atoms with Crippen molar-refractivity contribution in [3.63, 3.8) is 0 Å². The second-order valence-electron chi connectivity index (χ2n) is 14.1. The van der Waals surface area contributed by atoms with Gasteiger partial charge in [-0.3, -0.25) is 19.1 Å². The highest BCUT2D eigenvalue weighted by molar-refractivity contribution is 7.98. The predicted octanol–water partition coefficient (Wildman–Crippen LogP) is 5.86. The second kappa shape index (κ2) is 21.8. The van der Waals surface area contributed by atoms with Crippen LogP contribution in [0.15, 0.2) is 43.3 Å². The molecule has 0 spiro atoms. The van der Waals surface area contributed by atoms with E-state index in [1.54, 1.807) is 21.6 Å². The maximum Gasteiger partial charge on any atom is 0.407 e. The fourth-order valence-corrected chi connectivity index (χ4v) is 5.58. The van der Waals surface area contributed by atoms with Crippen molar-refractivity contribution in [3.05, 3.63) is 54.5 Å². The molecule has 282 valence electrons. The molecule has 0 aromatic carbocycles. The lowest BCUT2D eigenvalue weighted by Gasteiger charge is -2.24. The first kappa shape index (κ1) is 42.8. The quantitative estimate of drug-likeness (QED) is 0.0940. The van der Waals surface area contributed by atoms with E-state index in [1.165, 1.54) is 18.1 Å². The van der Waals surface area contributed by atoms with E-state index in [0.717, 1.165) is 56.6 Å². The standard InChI is InChI=1S/C24H32N4O5.C9H14N2O2S.C4H10/c1-17-8-6-13-28(17)20(29)14-25-23(32)33-16-24(2,3)11-5-4-9-18-10-7-12-27-15-19(22(30)31)26-21(18)27;1-2-3-8(10-6-12)9(13)11-14-7-4-5-7;1-4(2)3/h4,7,9-10,12,15,17H,5-6,8,11,13-14,16H2,1-3H3,(H,25,32)(H,30,31);2,6-8H,1,3-5H2,(H,10,12)(H,11,13);4H,1-3H3/b9-4+;;. The molecule has 2 aromatic rings. The van der Waals surface area contributed by atoms with Gasteiger partial charge < -0.3 is 29.8 Å². The number of nitrogens with one attached hydrogen (secondary N) is 3. The minimum absolute atomic E-state index is 0.00375. The summed E-state index contributed by atoms with van der Waals surface area (Å²) in [5, 5.41) is 14.7. The van der Waals surface area contributed by atoms with E-state index in [4.69, 9.17) is 9.84 Å². The molecule has 1 saturated carbocycles. The highest BCUT2D eigenvalue weighted by Gasteiger charge is 2.26. The number of ether oxygens (including phenoxy) is 1. The lowest BCUT2D eigenvalue weighted by atomic mass is 9.89. The number of aromatic carboxylic acids is 1. The Labute approximate surface area is 306 Å². The Kier molecular flexibility index (Phi) is 18.3. The van der Waals surface area contributed by atoms with Gasteiger partial charge in [-0.2, -0.15) is 0 Å². The number of carboxylic acid groups (broad SMARTS) is 1. The number of carboxylic acids is 1. The van der Waals surface area contributed by atoms with Gasteiger partial charge in [0, 0.05) is 35.8 Å². The van der Waals surface area contributed by atoms with Crippen LogP contribution in [0.2, 0.25) is 0 Å². The van der Waals surface area contributed by atoms with Crippen molar-refractivity contribution in [2.75, 3.05) is 19.7 Å². The zero-order valence-corrected chi connectivity index (χ0v) is 31.7. The highest BCUT2D eigenvalue weighted by Crippen LogP contribution is 2.31. The maximum atomic E-state index is 12.2.